The first kappa shape index (κ1) is 19.5. The van der Waals surface area contributed by atoms with Gasteiger partial charge >= 0.3 is 0 Å². The summed E-state index contributed by atoms with van der Waals surface area (Å²) in [4.78, 5) is 49.3. The van der Waals surface area contributed by atoms with Gasteiger partial charge in [-0.15, -0.1) is 0 Å². The van der Waals surface area contributed by atoms with E-state index < -0.39 is 26.4 Å². The normalized spacial score (nSPS) is 11.8. The van der Waals surface area contributed by atoms with E-state index in [0.29, 0.717) is 16.5 Å². The van der Waals surface area contributed by atoms with Crippen molar-refractivity contribution in [3.8, 4) is 22.9 Å². The van der Waals surface area contributed by atoms with Gasteiger partial charge in [0.15, 0.2) is 5.43 Å². The summed E-state index contributed by atoms with van der Waals surface area (Å²) < 4.78 is 5.35. The molecular weight excluding hydrogens is 442 g/mol. The van der Waals surface area contributed by atoms with E-state index in [1.54, 1.807) is 6.07 Å². The van der Waals surface area contributed by atoms with Crippen molar-refractivity contribution in [2.75, 3.05) is 7.11 Å². The summed E-state index contributed by atoms with van der Waals surface area (Å²) in [5.74, 6) is 0.163. The number of hydrogen-bond donors (Lipinski definition) is 0. The molecule has 0 saturated heterocycles. The maximum absolute atomic E-state index is 13.7. The molecule has 0 spiro atoms. The molecular formula is C24H9N3O7. The van der Waals surface area contributed by atoms with Crippen LogP contribution in [0.15, 0.2) is 46.0 Å². The number of non-ortho nitro benzene ring substituents is 2. The highest BCUT2D eigenvalue weighted by Gasteiger charge is 2.32. The zero-order valence-corrected chi connectivity index (χ0v) is 17.2. The van der Waals surface area contributed by atoms with Gasteiger partial charge in [0.2, 0.25) is 5.43 Å². The zero-order valence-electron chi connectivity index (χ0n) is 17.2. The summed E-state index contributed by atoms with van der Waals surface area (Å²) in [6.45, 7) is 0. The molecule has 10 nitrogen and oxygen atoms in total. The monoisotopic (exact) mass is 451 g/mol. The number of nitrogens with zero attached hydrogens (tertiary/aromatic N) is 3. The Hall–Kier alpha value is -5.17. The Morgan fingerprint density at radius 2 is 1.47 bits per heavy atom. The Balaban J connectivity index is 2.08. The van der Waals surface area contributed by atoms with E-state index in [9.17, 15) is 35.1 Å². The van der Waals surface area contributed by atoms with Crippen LogP contribution < -0.4 is 15.6 Å². The third-order valence-corrected chi connectivity index (χ3v) is 6.42. The van der Waals surface area contributed by atoms with Gasteiger partial charge in [-0.1, -0.05) is 0 Å². The van der Waals surface area contributed by atoms with Crippen molar-refractivity contribution < 1.29 is 14.6 Å². The van der Waals surface area contributed by atoms with Crippen LogP contribution in [0.1, 0.15) is 5.56 Å². The third-order valence-electron chi connectivity index (χ3n) is 6.42. The standard InChI is InChI=1S/C24H9N3O7/c1-34-17-7-16(27(32)33)22-19-11(17)2-3-12-20(19)21-14(24(22)29)4-9(8-25)13-5-10(26(30)31)6-15(18(13)21)23(12)28/h2-7H,1H3. The van der Waals surface area contributed by atoms with Gasteiger partial charge in [-0.05, 0) is 18.2 Å². The fourth-order valence-corrected chi connectivity index (χ4v) is 5.09. The molecule has 2 aliphatic carbocycles. The van der Waals surface area contributed by atoms with Gasteiger partial charge in [0.05, 0.1) is 34.7 Å². The fraction of sp³-hybridized carbons (Fsp3) is 0.0417. The largest absolute Gasteiger partial charge is 0.496 e. The van der Waals surface area contributed by atoms with Crippen molar-refractivity contribution >= 4 is 54.5 Å². The minimum Gasteiger partial charge on any atom is -0.496 e. The highest BCUT2D eigenvalue weighted by molar-refractivity contribution is 6.30. The van der Waals surface area contributed by atoms with Gasteiger partial charge in [0.1, 0.15) is 11.1 Å². The molecule has 4 aromatic rings. The van der Waals surface area contributed by atoms with Gasteiger partial charge in [0.25, 0.3) is 11.4 Å². The predicted molar refractivity (Wildman–Crippen MR) is 124 cm³/mol. The number of rotatable bonds is 3. The predicted octanol–water partition coefficient (Wildman–Crippen LogP) is 4.13. The summed E-state index contributed by atoms with van der Waals surface area (Å²) in [5, 5.41) is 34.2. The first-order valence-corrected chi connectivity index (χ1v) is 9.89. The second kappa shape index (κ2) is 6.20. The van der Waals surface area contributed by atoms with Crippen LogP contribution in [0.2, 0.25) is 0 Å². The van der Waals surface area contributed by atoms with E-state index in [1.807, 2.05) is 6.07 Å². The van der Waals surface area contributed by atoms with Crippen molar-refractivity contribution in [1.82, 2.24) is 0 Å². The lowest BCUT2D eigenvalue weighted by molar-refractivity contribution is -0.384. The molecule has 0 atom stereocenters. The lowest BCUT2D eigenvalue weighted by Crippen LogP contribution is -2.15. The SMILES string of the molecule is COc1cc([N+](=O)[O-])c2c(=O)c3cc(C#N)c4cc([N+](=O)[O-])cc5c(=O)c6ccc1c2c6-c3c45. The van der Waals surface area contributed by atoms with Crippen molar-refractivity contribution in [2.45, 2.75) is 0 Å². The molecule has 0 unspecified atom stereocenters. The molecule has 0 saturated carbocycles. The minimum atomic E-state index is -0.689. The minimum absolute atomic E-state index is 0.00181. The van der Waals surface area contributed by atoms with E-state index in [4.69, 9.17) is 4.74 Å². The molecule has 162 valence electrons. The maximum Gasteiger partial charge on any atom is 0.284 e. The molecule has 0 aromatic heterocycles. The second-order valence-corrected chi connectivity index (χ2v) is 7.93. The van der Waals surface area contributed by atoms with Crippen LogP contribution in [-0.4, -0.2) is 17.0 Å². The number of benzene rings is 6. The van der Waals surface area contributed by atoms with Crippen LogP contribution in [0.4, 0.5) is 11.4 Å². The Morgan fingerprint density at radius 3 is 2.12 bits per heavy atom. The van der Waals surface area contributed by atoms with Crippen molar-refractivity contribution in [1.29, 1.82) is 5.26 Å². The Bertz CT molecular complexity index is 2010. The van der Waals surface area contributed by atoms with E-state index in [2.05, 4.69) is 0 Å². The molecule has 0 radical (unpaired) electrons. The summed E-state index contributed by atoms with van der Waals surface area (Å²) >= 11 is 0. The number of nitro groups is 2. The van der Waals surface area contributed by atoms with E-state index in [-0.39, 0.29) is 54.7 Å². The molecule has 0 aliphatic heterocycles. The summed E-state index contributed by atoms with van der Waals surface area (Å²) in [6, 6.07) is 9.77. The van der Waals surface area contributed by atoms with E-state index >= 15 is 0 Å². The van der Waals surface area contributed by atoms with Gasteiger partial charge in [0, 0.05) is 61.0 Å². The quantitative estimate of drug-likeness (QED) is 0.168. The van der Waals surface area contributed by atoms with Crippen LogP contribution in [0, 0.1) is 31.6 Å². The van der Waals surface area contributed by atoms with Crippen molar-refractivity contribution in [3.63, 3.8) is 0 Å². The Kier molecular flexibility index (Phi) is 3.56. The number of nitro benzene ring substituents is 2. The molecule has 34 heavy (non-hydrogen) atoms. The number of nitriles is 1. The summed E-state index contributed by atoms with van der Waals surface area (Å²) in [7, 11) is 1.34. The number of methoxy groups -OCH3 is 1. The Morgan fingerprint density at radius 1 is 0.794 bits per heavy atom. The molecule has 0 bridgehead atoms. The van der Waals surface area contributed by atoms with Crippen LogP contribution in [0.25, 0.3) is 54.2 Å². The first-order valence-electron chi connectivity index (χ1n) is 9.89. The maximum atomic E-state index is 13.7. The number of ether oxygens (including phenoxy) is 1. The van der Waals surface area contributed by atoms with Crippen LogP contribution in [-0.2, 0) is 0 Å². The van der Waals surface area contributed by atoms with Gasteiger partial charge < -0.3 is 4.74 Å². The zero-order chi connectivity index (χ0) is 24.0. The van der Waals surface area contributed by atoms with Gasteiger partial charge in [-0.3, -0.25) is 29.8 Å². The fourth-order valence-electron chi connectivity index (χ4n) is 5.09. The smallest absolute Gasteiger partial charge is 0.284 e. The van der Waals surface area contributed by atoms with Crippen LogP contribution >= 0.6 is 0 Å². The molecule has 0 heterocycles. The summed E-state index contributed by atoms with van der Waals surface area (Å²) in [5.41, 5.74) is -1.44. The molecule has 4 aromatic carbocycles. The van der Waals surface area contributed by atoms with Crippen LogP contribution in [0.3, 0.4) is 0 Å². The van der Waals surface area contributed by atoms with E-state index in [1.165, 1.54) is 31.4 Å². The topological polar surface area (TPSA) is 153 Å². The van der Waals surface area contributed by atoms with Crippen molar-refractivity contribution in [2.24, 2.45) is 0 Å². The lowest BCUT2D eigenvalue weighted by atomic mass is 9.80. The molecule has 0 amide bonds. The second-order valence-electron chi connectivity index (χ2n) is 7.93. The lowest BCUT2D eigenvalue weighted by Gasteiger charge is -2.21. The molecule has 0 fully saturated rings. The van der Waals surface area contributed by atoms with Crippen LogP contribution in [0.5, 0.6) is 5.75 Å². The molecule has 2 aliphatic rings. The third kappa shape index (κ3) is 2.12. The summed E-state index contributed by atoms with van der Waals surface area (Å²) in [6.07, 6.45) is 0. The molecule has 0 N–H and O–H groups in total. The first-order chi connectivity index (χ1) is 16.3. The van der Waals surface area contributed by atoms with Gasteiger partial charge in [-0.2, -0.15) is 5.26 Å². The number of hydrogen-bond acceptors (Lipinski definition) is 8. The average molecular weight is 451 g/mol. The van der Waals surface area contributed by atoms with E-state index in [0.717, 1.165) is 6.07 Å². The van der Waals surface area contributed by atoms with Crippen molar-refractivity contribution in [3.05, 3.63) is 82.6 Å². The Labute approximate surface area is 187 Å². The molecule has 6 rings (SSSR count). The molecule has 10 heteroatoms. The van der Waals surface area contributed by atoms with Gasteiger partial charge in [-0.25, -0.2) is 0 Å². The average Bonchev–Trinajstić information content (AvgIpc) is 2.83. The highest BCUT2D eigenvalue weighted by atomic mass is 16.6. The highest BCUT2D eigenvalue weighted by Crippen LogP contribution is 2.49.